The van der Waals surface area contributed by atoms with Gasteiger partial charge in [0.05, 0.1) is 29.9 Å². The van der Waals surface area contributed by atoms with E-state index in [1.165, 1.54) is 13.3 Å². The molecule has 0 aliphatic carbocycles. The van der Waals surface area contributed by atoms with Crippen molar-refractivity contribution in [2.45, 2.75) is 0 Å². The molecule has 3 rings (SSSR count). The van der Waals surface area contributed by atoms with Crippen LogP contribution in [0.3, 0.4) is 0 Å². The number of rotatable bonds is 3. The molecule has 1 amide bonds. The summed E-state index contributed by atoms with van der Waals surface area (Å²) in [6, 6.07) is 8.29. The van der Waals surface area contributed by atoms with Crippen LogP contribution in [0.25, 0.3) is 10.9 Å². The van der Waals surface area contributed by atoms with Crippen molar-refractivity contribution in [3.8, 4) is 5.75 Å². The minimum absolute atomic E-state index is 0.218. The van der Waals surface area contributed by atoms with Crippen LogP contribution in [0.15, 0.2) is 47.5 Å². The molecule has 2 aromatic heterocycles. The normalized spacial score (nSPS) is 10.4. The monoisotopic (exact) mass is 296 g/mol. The van der Waals surface area contributed by atoms with E-state index in [2.05, 4.69) is 20.5 Å². The Morgan fingerprint density at radius 3 is 2.91 bits per heavy atom. The number of ether oxygens (including phenoxy) is 1. The van der Waals surface area contributed by atoms with E-state index in [-0.39, 0.29) is 5.69 Å². The second kappa shape index (κ2) is 5.65. The molecule has 0 unspecified atom stereocenters. The first kappa shape index (κ1) is 13.7. The van der Waals surface area contributed by atoms with Gasteiger partial charge in [-0.2, -0.15) is 5.10 Å². The Labute approximate surface area is 125 Å². The number of methoxy groups -OCH3 is 1. The van der Waals surface area contributed by atoms with E-state index in [1.807, 2.05) is 0 Å². The highest BCUT2D eigenvalue weighted by Gasteiger charge is 2.15. The number of nitrogens with one attached hydrogen (secondary N) is 2. The molecule has 0 fully saturated rings. The van der Waals surface area contributed by atoms with Gasteiger partial charge in [-0.1, -0.05) is 0 Å². The Morgan fingerprint density at radius 1 is 1.32 bits per heavy atom. The molecule has 110 valence electrons. The van der Waals surface area contributed by atoms with Crippen LogP contribution in [0.2, 0.25) is 0 Å². The molecule has 0 saturated heterocycles. The lowest BCUT2D eigenvalue weighted by atomic mass is 10.2. The van der Waals surface area contributed by atoms with Crippen molar-refractivity contribution in [3.63, 3.8) is 0 Å². The summed E-state index contributed by atoms with van der Waals surface area (Å²) in [5, 5.41) is 9.46. The predicted molar refractivity (Wildman–Crippen MR) is 81.1 cm³/mol. The van der Waals surface area contributed by atoms with Gasteiger partial charge in [-0.3, -0.25) is 19.7 Å². The minimum Gasteiger partial charge on any atom is -0.497 e. The smallest absolute Gasteiger partial charge is 0.280 e. The van der Waals surface area contributed by atoms with Crippen LogP contribution in [-0.4, -0.2) is 28.2 Å². The Kier molecular flexibility index (Phi) is 3.53. The van der Waals surface area contributed by atoms with Gasteiger partial charge < -0.3 is 10.1 Å². The summed E-state index contributed by atoms with van der Waals surface area (Å²) in [6.45, 7) is 0. The first-order valence-electron chi connectivity index (χ1n) is 6.47. The predicted octanol–water partition coefficient (Wildman–Crippen LogP) is 1.58. The molecule has 7 nitrogen and oxygen atoms in total. The number of hydrogen-bond donors (Lipinski definition) is 2. The number of nitrogens with zero attached hydrogens (tertiary/aromatic N) is 2. The van der Waals surface area contributed by atoms with Gasteiger partial charge >= 0.3 is 0 Å². The van der Waals surface area contributed by atoms with Crippen molar-refractivity contribution in [1.82, 2.24) is 15.2 Å². The average molecular weight is 296 g/mol. The van der Waals surface area contributed by atoms with Crippen LogP contribution >= 0.6 is 0 Å². The fraction of sp³-hybridized carbons (Fsp3) is 0.0667. The second-order valence-electron chi connectivity index (χ2n) is 4.51. The molecule has 0 atom stereocenters. The zero-order valence-corrected chi connectivity index (χ0v) is 11.7. The summed E-state index contributed by atoms with van der Waals surface area (Å²) >= 11 is 0. The maximum atomic E-state index is 12.4. The number of H-pyrrole nitrogens is 1. The Morgan fingerprint density at radius 2 is 2.18 bits per heavy atom. The molecule has 3 aromatic rings. The average Bonchev–Trinajstić information content (AvgIpc) is 2.56. The molecule has 0 aliphatic heterocycles. The lowest BCUT2D eigenvalue weighted by molar-refractivity contribution is 0.102. The van der Waals surface area contributed by atoms with Gasteiger partial charge in [-0.15, -0.1) is 0 Å². The zero-order valence-electron chi connectivity index (χ0n) is 11.7. The van der Waals surface area contributed by atoms with Gasteiger partial charge in [-0.05, 0) is 30.3 Å². The minimum atomic E-state index is -0.598. The Bertz CT molecular complexity index is 890. The first-order chi connectivity index (χ1) is 10.7. The number of carbonyl (C=O) groups excluding carboxylic acids is 1. The highest BCUT2D eigenvalue weighted by Crippen LogP contribution is 2.16. The van der Waals surface area contributed by atoms with E-state index < -0.39 is 11.3 Å². The summed E-state index contributed by atoms with van der Waals surface area (Å²) in [7, 11) is 1.51. The Balaban J connectivity index is 2.02. The second-order valence-corrected chi connectivity index (χ2v) is 4.51. The van der Waals surface area contributed by atoms with Crippen molar-refractivity contribution in [3.05, 3.63) is 58.6 Å². The van der Waals surface area contributed by atoms with Crippen LogP contribution in [0, 0.1) is 0 Å². The van der Waals surface area contributed by atoms with Crippen LogP contribution in [-0.2, 0) is 0 Å². The summed E-state index contributed by atoms with van der Waals surface area (Å²) < 4.78 is 5.09. The lowest BCUT2D eigenvalue weighted by Crippen LogP contribution is -2.24. The highest BCUT2D eigenvalue weighted by atomic mass is 16.5. The number of aromatic nitrogens is 3. The number of carbonyl (C=O) groups is 1. The van der Waals surface area contributed by atoms with Crippen molar-refractivity contribution >= 4 is 22.5 Å². The maximum Gasteiger partial charge on any atom is 0.280 e. The number of anilines is 1. The van der Waals surface area contributed by atoms with Crippen LogP contribution < -0.4 is 15.5 Å². The first-order valence-corrected chi connectivity index (χ1v) is 6.47. The van der Waals surface area contributed by atoms with E-state index in [9.17, 15) is 9.59 Å². The third-order valence-corrected chi connectivity index (χ3v) is 3.11. The van der Waals surface area contributed by atoms with Gasteiger partial charge in [0.25, 0.3) is 5.91 Å². The fourth-order valence-corrected chi connectivity index (χ4v) is 2.01. The molecule has 0 bridgehead atoms. The van der Waals surface area contributed by atoms with E-state index in [0.717, 1.165) is 0 Å². The van der Waals surface area contributed by atoms with Crippen LogP contribution in [0.4, 0.5) is 5.69 Å². The van der Waals surface area contributed by atoms with Crippen LogP contribution in [0.1, 0.15) is 10.5 Å². The molecule has 0 saturated carbocycles. The molecule has 22 heavy (non-hydrogen) atoms. The van der Waals surface area contributed by atoms with E-state index >= 15 is 0 Å². The van der Waals surface area contributed by atoms with Crippen LogP contribution in [0.5, 0.6) is 5.75 Å². The molecule has 0 aliphatic rings. The number of amides is 1. The number of pyridine rings is 1. The molecule has 2 heterocycles. The number of fused-ring (bicyclic) bond motifs is 1. The number of hydrogen-bond acceptors (Lipinski definition) is 5. The number of aromatic amines is 1. The van der Waals surface area contributed by atoms with Crippen molar-refractivity contribution in [2.24, 2.45) is 0 Å². The van der Waals surface area contributed by atoms with Gasteiger partial charge in [0.2, 0.25) is 5.43 Å². The summed E-state index contributed by atoms with van der Waals surface area (Å²) in [6.07, 6.45) is 3.07. The van der Waals surface area contributed by atoms with E-state index in [4.69, 9.17) is 4.74 Å². The van der Waals surface area contributed by atoms with E-state index in [0.29, 0.717) is 22.3 Å². The standard InChI is InChI=1S/C15H12N4O3/c1-22-10-4-5-12-11(7-10)14(20)13(19-18-12)15(21)17-9-3-2-6-16-8-9/h2-8H,1H3,(H,17,21)(H,18,20). The van der Waals surface area contributed by atoms with Gasteiger partial charge in [0.1, 0.15) is 5.75 Å². The molecule has 0 spiro atoms. The van der Waals surface area contributed by atoms with Gasteiger partial charge in [0.15, 0.2) is 5.69 Å². The molecule has 7 heteroatoms. The highest BCUT2D eigenvalue weighted by molar-refractivity contribution is 6.04. The summed E-state index contributed by atoms with van der Waals surface area (Å²) in [5.41, 5.74) is 0.335. The molecular formula is C15H12N4O3. The molecule has 2 N–H and O–H groups in total. The zero-order chi connectivity index (χ0) is 15.5. The summed E-state index contributed by atoms with van der Waals surface area (Å²) in [4.78, 5) is 28.5. The lowest BCUT2D eigenvalue weighted by Gasteiger charge is -2.05. The fourth-order valence-electron chi connectivity index (χ4n) is 2.01. The SMILES string of the molecule is COc1ccc2[nH]nc(C(=O)Nc3cccnc3)c(=O)c2c1. The van der Waals surface area contributed by atoms with E-state index in [1.54, 1.807) is 36.5 Å². The van der Waals surface area contributed by atoms with Gasteiger partial charge in [-0.25, -0.2) is 0 Å². The van der Waals surface area contributed by atoms with Crippen molar-refractivity contribution < 1.29 is 9.53 Å². The molecule has 1 aromatic carbocycles. The van der Waals surface area contributed by atoms with Crippen molar-refractivity contribution in [2.75, 3.05) is 12.4 Å². The third kappa shape index (κ3) is 2.51. The topological polar surface area (TPSA) is 97.0 Å². The number of benzene rings is 1. The van der Waals surface area contributed by atoms with Crippen molar-refractivity contribution in [1.29, 1.82) is 0 Å². The molecular weight excluding hydrogens is 284 g/mol. The summed E-state index contributed by atoms with van der Waals surface area (Å²) in [5.74, 6) is -0.0678. The Hall–Kier alpha value is -3.22. The quantitative estimate of drug-likeness (QED) is 0.764. The third-order valence-electron chi connectivity index (χ3n) is 3.11. The largest absolute Gasteiger partial charge is 0.497 e. The maximum absolute atomic E-state index is 12.4. The van der Waals surface area contributed by atoms with Gasteiger partial charge in [0, 0.05) is 6.20 Å². The molecule has 0 radical (unpaired) electrons.